The maximum absolute atomic E-state index is 5.95. The number of halogens is 2. The third-order valence-corrected chi connectivity index (χ3v) is 3.67. The van der Waals surface area contributed by atoms with E-state index in [1.54, 1.807) is 0 Å². The Morgan fingerprint density at radius 1 is 1.38 bits per heavy atom. The molecule has 2 unspecified atom stereocenters. The van der Waals surface area contributed by atoms with Crippen molar-refractivity contribution in [3.05, 3.63) is 33.8 Å². The summed E-state index contributed by atoms with van der Waals surface area (Å²) in [4.78, 5) is 0. The van der Waals surface area contributed by atoms with Gasteiger partial charge in [0, 0.05) is 19.2 Å². The van der Waals surface area contributed by atoms with Crippen LogP contribution in [-0.2, 0) is 11.3 Å². The molecule has 16 heavy (non-hydrogen) atoms. The van der Waals surface area contributed by atoms with Crippen LogP contribution in [0.1, 0.15) is 18.9 Å². The van der Waals surface area contributed by atoms with Gasteiger partial charge in [-0.05, 0) is 31.0 Å². The van der Waals surface area contributed by atoms with E-state index < -0.39 is 0 Å². The molecule has 1 saturated heterocycles. The average Bonchev–Trinajstić information content (AvgIpc) is 2.66. The van der Waals surface area contributed by atoms with E-state index in [0.29, 0.717) is 22.2 Å². The summed E-state index contributed by atoms with van der Waals surface area (Å²) >= 11 is 11.8. The predicted octanol–water partition coefficient (Wildman–Crippen LogP) is 3.26. The normalized spacial score (nSPS) is 24.9. The van der Waals surface area contributed by atoms with Gasteiger partial charge in [0.1, 0.15) is 0 Å². The molecule has 1 fully saturated rings. The Morgan fingerprint density at radius 3 is 2.81 bits per heavy atom. The molecule has 1 aliphatic rings. The molecule has 0 radical (unpaired) electrons. The zero-order chi connectivity index (χ0) is 11.5. The first-order valence-electron chi connectivity index (χ1n) is 5.46. The average molecular weight is 260 g/mol. The molecule has 2 nitrogen and oxygen atoms in total. The van der Waals surface area contributed by atoms with Gasteiger partial charge in [-0.1, -0.05) is 29.3 Å². The van der Waals surface area contributed by atoms with Crippen LogP contribution in [0.2, 0.25) is 10.0 Å². The second-order valence-electron chi connectivity index (χ2n) is 4.10. The van der Waals surface area contributed by atoms with Gasteiger partial charge in [-0.25, -0.2) is 0 Å². The molecule has 0 spiro atoms. The molecule has 1 N–H and O–H groups in total. The van der Waals surface area contributed by atoms with Crippen molar-refractivity contribution >= 4 is 23.2 Å². The van der Waals surface area contributed by atoms with Crippen LogP contribution in [0.25, 0.3) is 0 Å². The van der Waals surface area contributed by atoms with Gasteiger partial charge < -0.3 is 10.1 Å². The molecule has 1 aromatic carbocycles. The Balaban J connectivity index is 1.91. The van der Waals surface area contributed by atoms with E-state index >= 15 is 0 Å². The highest BCUT2D eigenvalue weighted by molar-refractivity contribution is 6.42. The highest BCUT2D eigenvalue weighted by Gasteiger charge is 2.23. The van der Waals surface area contributed by atoms with E-state index in [-0.39, 0.29) is 0 Å². The van der Waals surface area contributed by atoms with E-state index in [1.807, 2.05) is 18.2 Å². The highest BCUT2D eigenvalue weighted by Crippen LogP contribution is 2.22. The summed E-state index contributed by atoms with van der Waals surface area (Å²) < 4.78 is 5.49. The topological polar surface area (TPSA) is 21.3 Å². The molecule has 0 bridgehead atoms. The van der Waals surface area contributed by atoms with E-state index in [4.69, 9.17) is 27.9 Å². The maximum atomic E-state index is 5.95. The third-order valence-electron chi connectivity index (χ3n) is 2.93. The van der Waals surface area contributed by atoms with Crippen LogP contribution in [-0.4, -0.2) is 18.8 Å². The lowest BCUT2D eigenvalue weighted by molar-refractivity contribution is 0.113. The molecule has 4 heteroatoms. The van der Waals surface area contributed by atoms with E-state index in [2.05, 4.69) is 12.2 Å². The Kier molecular flexibility index (Phi) is 4.09. The minimum absolute atomic E-state index is 0.294. The molecule has 2 atom stereocenters. The van der Waals surface area contributed by atoms with Crippen LogP contribution in [0.4, 0.5) is 0 Å². The summed E-state index contributed by atoms with van der Waals surface area (Å²) in [6.07, 6.45) is 1.37. The van der Waals surface area contributed by atoms with Crippen molar-refractivity contribution in [1.29, 1.82) is 0 Å². The zero-order valence-electron chi connectivity index (χ0n) is 9.17. The van der Waals surface area contributed by atoms with Gasteiger partial charge in [0.25, 0.3) is 0 Å². The fraction of sp³-hybridized carbons (Fsp3) is 0.500. The van der Waals surface area contributed by atoms with Crippen LogP contribution in [0.3, 0.4) is 0 Å². The maximum Gasteiger partial charge on any atom is 0.0700 e. The summed E-state index contributed by atoms with van der Waals surface area (Å²) in [5.74, 6) is 0. The summed E-state index contributed by atoms with van der Waals surface area (Å²) in [6.45, 7) is 3.75. The lowest BCUT2D eigenvalue weighted by atomic mass is 10.1. The first-order valence-corrected chi connectivity index (χ1v) is 6.21. The number of hydrogen-bond donors (Lipinski definition) is 1. The van der Waals surface area contributed by atoms with Gasteiger partial charge in [0.2, 0.25) is 0 Å². The molecule has 0 amide bonds. The van der Waals surface area contributed by atoms with Gasteiger partial charge >= 0.3 is 0 Å². The summed E-state index contributed by atoms with van der Waals surface area (Å²) in [6, 6.07) is 6.16. The van der Waals surface area contributed by atoms with Crippen LogP contribution >= 0.6 is 23.2 Å². The highest BCUT2D eigenvalue weighted by atomic mass is 35.5. The molecule has 1 aliphatic heterocycles. The third kappa shape index (κ3) is 2.89. The van der Waals surface area contributed by atoms with Gasteiger partial charge in [-0.2, -0.15) is 0 Å². The first-order chi connectivity index (χ1) is 7.66. The number of ether oxygens (including phenoxy) is 1. The minimum atomic E-state index is 0.294. The number of nitrogens with one attached hydrogen (secondary N) is 1. The SMILES string of the molecule is CC1OCCC1NCc1ccc(Cl)c(Cl)c1. The smallest absolute Gasteiger partial charge is 0.0700 e. The Hall–Kier alpha value is -0.280. The van der Waals surface area contributed by atoms with Crippen LogP contribution in [0, 0.1) is 0 Å². The van der Waals surface area contributed by atoms with E-state index in [9.17, 15) is 0 Å². The van der Waals surface area contributed by atoms with Crippen molar-refractivity contribution in [3.63, 3.8) is 0 Å². The summed E-state index contributed by atoms with van der Waals surface area (Å²) in [7, 11) is 0. The quantitative estimate of drug-likeness (QED) is 0.900. The second-order valence-corrected chi connectivity index (χ2v) is 4.91. The molecule has 1 heterocycles. The van der Waals surface area contributed by atoms with Gasteiger partial charge in [-0.15, -0.1) is 0 Å². The summed E-state index contributed by atoms with van der Waals surface area (Å²) in [5, 5.41) is 4.68. The van der Waals surface area contributed by atoms with E-state index in [1.165, 1.54) is 0 Å². The minimum Gasteiger partial charge on any atom is -0.377 e. The van der Waals surface area contributed by atoms with Crippen LogP contribution < -0.4 is 5.32 Å². The Labute approximate surface area is 106 Å². The molecule has 2 rings (SSSR count). The van der Waals surface area contributed by atoms with Crippen molar-refractivity contribution in [2.45, 2.75) is 32.0 Å². The number of benzene rings is 1. The fourth-order valence-corrected chi connectivity index (χ4v) is 2.22. The first kappa shape index (κ1) is 12.2. The molecule has 0 aromatic heterocycles. The van der Waals surface area contributed by atoms with Gasteiger partial charge in [0.15, 0.2) is 0 Å². The van der Waals surface area contributed by atoms with Crippen molar-refractivity contribution in [1.82, 2.24) is 5.32 Å². The second kappa shape index (κ2) is 5.37. The largest absolute Gasteiger partial charge is 0.377 e. The molecular weight excluding hydrogens is 245 g/mol. The predicted molar refractivity (Wildman–Crippen MR) is 67.1 cm³/mol. The number of hydrogen-bond acceptors (Lipinski definition) is 2. The van der Waals surface area contributed by atoms with Crippen LogP contribution in [0.5, 0.6) is 0 Å². The molecular formula is C12H15Cl2NO. The van der Waals surface area contributed by atoms with Crippen LogP contribution in [0.15, 0.2) is 18.2 Å². The fourth-order valence-electron chi connectivity index (χ4n) is 1.90. The van der Waals surface area contributed by atoms with Crippen molar-refractivity contribution < 1.29 is 4.74 Å². The van der Waals surface area contributed by atoms with Crippen molar-refractivity contribution in [3.8, 4) is 0 Å². The molecule has 0 aliphatic carbocycles. The molecule has 88 valence electrons. The zero-order valence-corrected chi connectivity index (χ0v) is 10.7. The number of rotatable bonds is 3. The summed E-state index contributed by atoms with van der Waals surface area (Å²) in [5.41, 5.74) is 1.15. The van der Waals surface area contributed by atoms with Crippen molar-refractivity contribution in [2.24, 2.45) is 0 Å². The van der Waals surface area contributed by atoms with Gasteiger partial charge in [-0.3, -0.25) is 0 Å². The van der Waals surface area contributed by atoms with E-state index in [0.717, 1.165) is 25.1 Å². The lowest BCUT2D eigenvalue weighted by Gasteiger charge is -2.16. The Morgan fingerprint density at radius 2 is 2.19 bits per heavy atom. The monoisotopic (exact) mass is 259 g/mol. The Bertz CT molecular complexity index is 370. The molecule has 1 aromatic rings. The van der Waals surface area contributed by atoms with Crippen molar-refractivity contribution in [2.75, 3.05) is 6.61 Å². The standard InChI is InChI=1S/C12H15Cl2NO/c1-8-12(4-5-16-8)15-7-9-2-3-10(13)11(14)6-9/h2-3,6,8,12,15H,4-5,7H2,1H3. The van der Waals surface area contributed by atoms with Gasteiger partial charge in [0.05, 0.1) is 16.1 Å². The molecule has 0 saturated carbocycles. The lowest BCUT2D eigenvalue weighted by Crippen LogP contribution is -2.34.